The van der Waals surface area contributed by atoms with Gasteiger partial charge in [0.05, 0.1) is 0 Å². The third kappa shape index (κ3) is 3.55. The van der Waals surface area contributed by atoms with Gasteiger partial charge in [0, 0.05) is 11.6 Å². The fourth-order valence-corrected chi connectivity index (χ4v) is 1.03. The zero-order valence-corrected chi connectivity index (χ0v) is 10.1. The number of hydrogen-bond donors (Lipinski definition) is 1. The van der Waals surface area contributed by atoms with Gasteiger partial charge in [-0.25, -0.2) is 9.78 Å². The number of hydrogen-bond acceptors (Lipinski definition) is 4. The Kier molecular flexibility index (Phi) is 3.83. The molecular formula is C12H15NO4. The highest BCUT2D eigenvalue weighted by Gasteiger charge is 2.22. The number of ether oxygens (including phenoxy) is 1. The smallest absolute Gasteiger partial charge is 0.358 e. The van der Waals surface area contributed by atoms with E-state index in [1.165, 1.54) is 12.3 Å². The predicted molar refractivity (Wildman–Crippen MR) is 61.2 cm³/mol. The van der Waals surface area contributed by atoms with Crippen LogP contribution in [0, 0.1) is 5.41 Å². The van der Waals surface area contributed by atoms with E-state index in [1.54, 1.807) is 26.8 Å². The summed E-state index contributed by atoms with van der Waals surface area (Å²) in [5.74, 6) is -1.17. The van der Waals surface area contributed by atoms with E-state index in [2.05, 4.69) is 4.98 Å². The molecule has 1 N–H and O–H groups in total. The molecule has 1 rings (SSSR count). The molecule has 5 heteroatoms. The summed E-state index contributed by atoms with van der Waals surface area (Å²) in [5.41, 5.74) is -0.694. The summed E-state index contributed by atoms with van der Waals surface area (Å²) in [6.07, 6.45) is 1.36. The molecule has 0 saturated carbocycles. The summed E-state index contributed by atoms with van der Waals surface area (Å²) in [7, 11) is 0. The van der Waals surface area contributed by atoms with Gasteiger partial charge in [0.1, 0.15) is 6.61 Å². The summed E-state index contributed by atoms with van der Waals surface area (Å²) >= 11 is 0. The Labute approximate surface area is 99.4 Å². The van der Waals surface area contributed by atoms with Crippen molar-refractivity contribution in [3.8, 4) is 5.75 Å². The SMILES string of the molecule is CC(C)(C)C(=O)COc1cccnc1C(=O)O. The van der Waals surface area contributed by atoms with Crippen LogP contribution in [0.5, 0.6) is 5.75 Å². The first-order valence-corrected chi connectivity index (χ1v) is 5.17. The maximum absolute atomic E-state index is 11.6. The standard InChI is InChI=1S/C12H15NO4/c1-12(2,3)9(14)7-17-8-5-4-6-13-10(8)11(15)16/h4-6H,7H2,1-3H3,(H,15,16). The first kappa shape index (κ1) is 13.2. The summed E-state index contributed by atoms with van der Waals surface area (Å²) in [5, 5.41) is 8.86. The van der Waals surface area contributed by atoms with Crippen molar-refractivity contribution in [1.82, 2.24) is 4.98 Å². The van der Waals surface area contributed by atoms with E-state index in [9.17, 15) is 9.59 Å². The number of aromatic nitrogens is 1. The molecule has 0 aliphatic heterocycles. The fourth-order valence-electron chi connectivity index (χ4n) is 1.03. The molecule has 0 radical (unpaired) electrons. The van der Waals surface area contributed by atoms with Gasteiger partial charge in [-0.05, 0) is 12.1 Å². The quantitative estimate of drug-likeness (QED) is 0.863. The molecule has 0 unspecified atom stereocenters. The largest absolute Gasteiger partial charge is 0.483 e. The van der Waals surface area contributed by atoms with Gasteiger partial charge in [0.2, 0.25) is 0 Å². The second kappa shape index (κ2) is 4.95. The molecule has 0 aliphatic rings. The lowest BCUT2D eigenvalue weighted by Gasteiger charge is -2.17. The average Bonchev–Trinajstić information content (AvgIpc) is 2.24. The van der Waals surface area contributed by atoms with Crippen molar-refractivity contribution in [2.75, 3.05) is 6.61 Å². The number of carboxylic acid groups (broad SMARTS) is 1. The minimum atomic E-state index is -1.18. The monoisotopic (exact) mass is 237 g/mol. The van der Waals surface area contributed by atoms with Crippen LogP contribution < -0.4 is 4.74 Å². The average molecular weight is 237 g/mol. The zero-order chi connectivity index (χ0) is 13.1. The highest BCUT2D eigenvalue weighted by atomic mass is 16.5. The molecule has 1 aromatic rings. The Hall–Kier alpha value is -1.91. The molecule has 0 atom stereocenters. The van der Waals surface area contributed by atoms with Crippen molar-refractivity contribution >= 4 is 11.8 Å². The number of rotatable bonds is 4. The van der Waals surface area contributed by atoms with Gasteiger partial charge in [-0.1, -0.05) is 20.8 Å². The van der Waals surface area contributed by atoms with Gasteiger partial charge >= 0.3 is 5.97 Å². The van der Waals surface area contributed by atoms with Crippen LogP contribution in [0.15, 0.2) is 18.3 Å². The molecular weight excluding hydrogens is 222 g/mol. The minimum absolute atomic E-state index is 0.0994. The van der Waals surface area contributed by atoms with Gasteiger partial charge < -0.3 is 9.84 Å². The number of nitrogens with zero attached hydrogens (tertiary/aromatic N) is 1. The van der Waals surface area contributed by atoms with Crippen LogP contribution in [0.2, 0.25) is 0 Å². The van der Waals surface area contributed by atoms with E-state index in [0.29, 0.717) is 0 Å². The van der Waals surface area contributed by atoms with Crippen LogP contribution in [0.1, 0.15) is 31.3 Å². The van der Waals surface area contributed by atoms with Gasteiger partial charge in [-0.2, -0.15) is 0 Å². The molecule has 0 saturated heterocycles. The van der Waals surface area contributed by atoms with Crippen molar-refractivity contribution in [3.63, 3.8) is 0 Å². The van der Waals surface area contributed by atoms with E-state index in [1.807, 2.05) is 0 Å². The van der Waals surface area contributed by atoms with E-state index < -0.39 is 11.4 Å². The van der Waals surface area contributed by atoms with Crippen molar-refractivity contribution in [3.05, 3.63) is 24.0 Å². The fraction of sp³-hybridized carbons (Fsp3) is 0.417. The molecule has 0 spiro atoms. The highest BCUT2D eigenvalue weighted by Crippen LogP contribution is 2.18. The van der Waals surface area contributed by atoms with Crippen molar-refractivity contribution in [2.24, 2.45) is 5.41 Å². The Morgan fingerprint density at radius 3 is 2.59 bits per heavy atom. The Balaban J connectivity index is 2.77. The molecule has 1 heterocycles. The molecule has 1 aromatic heterocycles. The number of carbonyl (C=O) groups is 2. The summed E-state index contributed by atoms with van der Waals surface area (Å²) in [6.45, 7) is 5.18. The maximum atomic E-state index is 11.6. The van der Waals surface area contributed by atoms with Crippen LogP contribution in [-0.2, 0) is 4.79 Å². The molecule has 17 heavy (non-hydrogen) atoms. The lowest BCUT2D eigenvalue weighted by atomic mass is 9.91. The number of ketones is 1. The predicted octanol–water partition coefficient (Wildman–Crippen LogP) is 1.77. The number of aromatic carboxylic acids is 1. The summed E-state index contributed by atoms with van der Waals surface area (Å²) in [6, 6.07) is 3.04. The maximum Gasteiger partial charge on any atom is 0.358 e. The van der Waals surface area contributed by atoms with Gasteiger partial charge in [0.25, 0.3) is 0 Å². The van der Waals surface area contributed by atoms with Crippen LogP contribution in [-0.4, -0.2) is 28.4 Å². The van der Waals surface area contributed by atoms with Crippen LogP contribution in [0.25, 0.3) is 0 Å². The van der Waals surface area contributed by atoms with Crippen LogP contribution in [0.4, 0.5) is 0 Å². The van der Waals surface area contributed by atoms with E-state index in [4.69, 9.17) is 9.84 Å². The highest BCUT2D eigenvalue weighted by molar-refractivity contribution is 5.89. The third-order valence-corrected chi connectivity index (χ3v) is 2.17. The van der Waals surface area contributed by atoms with Crippen molar-refractivity contribution in [1.29, 1.82) is 0 Å². The lowest BCUT2D eigenvalue weighted by Crippen LogP contribution is -2.26. The minimum Gasteiger partial charge on any atom is -0.483 e. The Morgan fingerprint density at radius 2 is 2.06 bits per heavy atom. The van der Waals surface area contributed by atoms with E-state index >= 15 is 0 Å². The molecule has 0 aromatic carbocycles. The van der Waals surface area contributed by atoms with E-state index in [-0.39, 0.29) is 23.8 Å². The zero-order valence-electron chi connectivity index (χ0n) is 10.1. The second-order valence-corrected chi connectivity index (χ2v) is 4.62. The number of Topliss-reactive ketones (excluding diaryl/α,β-unsaturated/α-hetero) is 1. The Morgan fingerprint density at radius 1 is 1.41 bits per heavy atom. The molecule has 0 bridgehead atoms. The lowest BCUT2D eigenvalue weighted by molar-refractivity contribution is -0.128. The topological polar surface area (TPSA) is 76.5 Å². The molecule has 0 fully saturated rings. The van der Waals surface area contributed by atoms with Gasteiger partial charge in [-0.3, -0.25) is 4.79 Å². The third-order valence-electron chi connectivity index (χ3n) is 2.17. The first-order valence-electron chi connectivity index (χ1n) is 5.17. The van der Waals surface area contributed by atoms with Crippen LogP contribution in [0.3, 0.4) is 0 Å². The number of carbonyl (C=O) groups excluding carboxylic acids is 1. The molecule has 0 aliphatic carbocycles. The molecule has 92 valence electrons. The number of carboxylic acids is 1. The van der Waals surface area contributed by atoms with Crippen molar-refractivity contribution < 1.29 is 19.4 Å². The molecule has 5 nitrogen and oxygen atoms in total. The second-order valence-electron chi connectivity index (χ2n) is 4.62. The van der Waals surface area contributed by atoms with Crippen molar-refractivity contribution in [2.45, 2.75) is 20.8 Å². The van der Waals surface area contributed by atoms with E-state index in [0.717, 1.165) is 0 Å². The normalized spacial score (nSPS) is 11.0. The summed E-state index contributed by atoms with van der Waals surface area (Å²) in [4.78, 5) is 26.1. The first-order chi connectivity index (χ1) is 7.82. The van der Waals surface area contributed by atoms with Crippen LogP contribution >= 0.6 is 0 Å². The van der Waals surface area contributed by atoms with Gasteiger partial charge in [-0.15, -0.1) is 0 Å². The van der Waals surface area contributed by atoms with Gasteiger partial charge in [0.15, 0.2) is 17.2 Å². The molecule has 0 amide bonds. The Bertz CT molecular complexity index is 434. The summed E-state index contributed by atoms with van der Waals surface area (Å²) < 4.78 is 5.19. The number of pyridine rings is 1.